The van der Waals surface area contributed by atoms with Gasteiger partial charge in [-0.1, -0.05) is 24.3 Å². The van der Waals surface area contributed by atoms with E-state index in [0.29, 0.717) is 5.69 Å². The summed E-state index contributed by atoms with van der Waals surface area (Å²) in [5, 5.41) is 0. The van der Waals surface area contributed by atoms with E-state index in [-0.39, 0.29) is 18.0 Å². The highest BCUT2D eigenvalue weighted by molar-refractivity contribution is 7.92. The molecule has 0 bridgehead atoms. The molecular formula is C18H24N2O4S2. The maximum atomic E-state index is 12.4. The van der Waals surface area contributed by atoms with Crippen molar-refractivity contribution in [1.29, 1.82) is 0 Å². The van der Waals surface area contributed by atoms with Gasteiger partial charge in [-0.15, -0.1) is 0 Å². The summed E-state index contributed by atoms with van der Waals surface area (Å²) in [4.78, 5) is 0.162. The molecule has 0 fully saturated rings. The molecule has 0 unspecified atom stereocenters. The topological polar surface area (TPSA) is 83.6 Å². The molecule has 0 radical (unpaired) electrons. The van der Waals surface area contributed by atoms with Crippen molar-refractivity contribution in [2.45, 2.75) is 25.7 Å². The van der Waals surface area contributed by atoms with Crippen molar-refractivity contribution in [2.24, 2.45) is 0 Å². The van der Waals surface area contributed by atoms with Crippen molar-refractivity contribution < 1.29 is 16.8 Å². The van der Waals surface area contributed by atoms with E-state index in [0.717, 1.165) is 22.9 Å². The smallest absolute Gasteiger partial charge is 0.240 e. The molecule has 0 heterocycles. The molecule has 0 saturated carbocycles. The van der Waals surface area contributed by atoms with E-state index >= 15 is 0 Å². The Morgan fingerprint density at radius 3 is 2.23 bits per heavy atom. The van der Waals surface area contributed by atoms with Gasteiger partial charge in [0.05, 0.1) is 16.8 Å². The number of nitrogens with zero attached hydrogens (tertiary/aromatic N) is 1. The fourth-order valence-corrected chi connectivity index (χ4v) is 4.72. The van der Waals surface area contributed by atoms with Crippen LogP contribution in [0.2, 0.25) is 0 Å². The summed E-state index contributed by atoms with van der Waals surface area (Å²) < 4.78 is 52.9. The molecule has 0 aromatic heterocycles. The molecule has 2 aromatic rings. The Hall–Kier alpha value is -1.90. The van der Waals surface area contributed by atoms with Gasteiger partial charge >= 0.3 is 0 Å². The minimum atomic E-state index is -3.70. The second-order valence-electron chi connectivity index (χ2n) is 6.27. The third-order valence-electron chi connectivity index (χ3n) is 4.15. The number of hydrogen-bond acceptors (Lipinski definition) is 4. The van der Waals surface area contributed by atoms with E-state index in [1.807, 2.05) is 32.9 Å². The molecule has 0 aliphatic carbocycles. The number of rotatable bonds is 7. The van der Waals surface area contributed by atoms with E-state index < -0.39 is 20.0 Å². The summed E-state index contributed by atoms with van der Waals surface area (Å²) in [6, 6.07) is 12.0. The highest BCUT2D eigenvalue weighted by atomic mass is 32.2. The molecule has 6 nitrogen and oxygen atoms in total. The molecule has 0 aliphatic heterocycles. The van der Waals surface area contributed by atoms with Crippen LogP contribution in [0, 0.1) is 20.8 Å². The first kappa shape index (κ1) is 20.4. The molecule has 2 aromatic carbocycles. The lowest BCUT2D eigenvalue weighted by molar-refractivity contribution is 0.578. The predicted molar refractivity (Wildman–Crippen MR) is 104 cm³/mol. The van der Waals surface area contributed by atoms with Gasteiger partial charge in [0.1, 0.15) is 0 Å². The molecule has 2 rings (SSSR count). The maximum Gasteiger partial charge on any atom is 0.240 e. The minimum absolute atomic E-state index is 0.00811. The maximum absolute atomic E-state index is 12.4. The number of nitrogens with one attached hydrogen (secondary N) is 1. The number of hydrogen-bond donors (Lipinski definition) is 1. The Morgan fingerprint density at radius 2 is 1.62 bits per heavy atom. The molecule has 0 aliphatic rings. The van der Waals surface area contributed by atoms with Crippen LogP contribution in [-0.2, 0) is 20.0 Å². The first-order valence-electron chi connectivity index (χ1n) is 8.12. The minimum Gasteiger partial charge on any atom is -0.269 e. The van der Waals surface area contributed by atoms with Gasteiger partial charge in [0.2, 0.25) is 20.0 Å². The first-order chi connectivity index (χ1) is 12.0. The highest BCUT2D eigenvalue weighted by Gasteiger charge is 2.21. The van der Waals surface area contributed by atoms with Crippen LogP contribution >= 0.6 is 0 Å². The van der Waals surface area contributed by atoms with Gasteiger partial charge in [0, 0.05) is 13.1 Å². The zero-order valence-corrected chi connectivity index (χ0v) is 17.0. The molecule has 0 spiro atoms. The fraction of sp³-hybridized carbons (Fsp3) is 0.333. The Bertz CT molecular complexity index is 1000. The summed E-state index contributed by atoms with van der Waals surface area (Å²) in [6.07, 6.45) is 1.11. The molecule has 0 saturated heterocycles. The fourth-order valence-electron chi connectivity index (χ4n) is 2.62. The molecule has 0 atom stereocenters. The van der Waals surface area contributed by atoms with Crippen LogP contribution in [0.5, 0.6) is 0 Å². The lowest BCUT2D eigenvalue weighted by Crippen LogP contribution is -2.38. The average Bonchev–Trinajstić information content (AvgIpc) is 2.54. The van der Waals surface area contributed by atoms with Crippen LogP contribution in [0.4, 0.5) is 5.69 Å². The zero-order chi connectivity index (χ0) is 19.5. The monoisotopic (exact) mass is 396 g/mol. The summed E-state index contributed by atoms with van der Waals surface area (Å²) >= 11 is 0. The second-order valence-corrected chi connectivity index (χ2v) is 9.94. The van der Waals surface area contributed by atoms with E-state index in [4.69, 9.17) is 0 Å². The zero-order valence-electron chi connectivity index (χ0n) is 15.4. The van der Waals surface area contributed by atoms with E-state index in [9.17, 15) is 16.8 Å². The predicted octanol–water partition coefficient (Wildman–Crippen LogP) is 2.36. The van der Waals surface area contributed by atoms with E-state index in [2.05, 4.69) is 4.72 Å². The van der Waals surface area contributed by atoms with Crippen LogP contribution in [0.1, 0.15) is 16.7 Å². The van der Waals surface area contributed by atoms with Gasteiger partial charge in [0.15, 0.2) is 0 Å². The number of aryl methyl sites for hydroxylation is 2. The largest absolute Gasteiger partial charge is 0.269 e. The van der Waals surface area contributed by atoms with Crippen molar-refractivity contribution in [1.82, 2.24) is 4.72 Å². The van der Waals surface area contributed by atoms with E-state index in [1.54, 1.807) is 24.3 Å². The standard InChI is InChI=1S/C18H24N2O4S2/c1-14-7-5-9-17(13-14)26(23,24)19-11-12-20(25(4,21)22)18-10-6-8-15(2)16(18)3/h5-10,13,19H,11-12H2,1-4H3. The van der Waals surface area contributed by atoms with Crippen molar-refractivity contribution in [3.05, 3.63) is 59.2 Å². The quantitative estimate of drug-likeness (QED) is 0.779. The highest BCUT2D eigenvalue weighted by Crippen LogP contribution is 2.24. The Morgan fingerprint density at radius 1 is 0.962 bits per heavy atom. The Balaban J connectivity index is 2.20. The summed E-state index contributed by atoms with van der Waals surface area (Å²) in [7, 11) is -7.24. The van der Waals surface area contributed by atoms with Crippen molar-refractivity contribution in [3.63, 3.8) is 0 Å². The van der Waals surface area contributed by atoms with Crippen molar-refractivity contribution in [3.8, 4) is 0 Å². The summed E-state index contributed by atoms with van der Waals surface area (Å²) in [6.45, 7) is 5.54. The summed E-state index contributed by atoms with van der Waals surface area (Å²) in [5.41, 5.74) is 3.21. The van der Waals surface area contributed by atoms with Crippen LogP contribution in [0.3, 0.4) is 0 Å². The van der Waals surface area contributed by atoms with Gasteiger partial charge in [-0.2, -0.15) is 0 Å². The summed E-state index contributed by atoms with van der Waals surface area (Å²) in [5.74, 6) is 0. The molecular weight excluding hydrogens is 372 g/mol. The third kappa shape index (κ3) is 4.84. The SMILES string of the molecule is Cc1cccc(S(=O)(=O)NCCN(c2cccc(C)c2C)S(C)(=O)=O)c1. The van der Waals surface area contributed by atoms with Crippen LogP contribution in [0.25, 0.3) is 0 Å². The first-order valence-corrected chi connectivity index (χ1v) is 11.5. The van der Waals surface area contributed by atoms with Crippen molar-refractivity contribution >= 4 is 25.7 Å². The molecule has 26 heavy (non-hydrogen) atoms. The lowest BCUT2D eigenvalue weighted by Gasteiger charge is -2.25. The van der Waals surface area contributed by atoms with Crippen LogP contribution in [0.15, 0.2) is 47.4 Å². The van der Waals surface area contributed by atoms with Gasteiger partial charge in [0.25, 0.3) is 0 Å². The normalized spacial score (nSPS) is 12.2. The van der Waals surface area contributed by atoms with Gasteiger partial charge in [-0.25, -0.2) is 21.6 Å². The lowest BCUT2D eigenvalue weighted by atomic mass is 10.1. The van der Waals surface area contributed by atoms with Gasteiger partial charge < -0.3 is 0 Å². The number of anilines is 1. The van der Waals surface area contributed by atoms with Crippen LogP contribution in [-0.4, -0.2) is 36.2 Å². The Labute approximate surface area is 156 Å². The number of benzene rings is 2. The number of sulfonamides is 2. The van der Waals surface area contributed by atoms with Crippen LogP contribution < -0.4 is 9.03 Å². The third-order valence-corrected chi connectivity index (χ3v) is 6.79. The van der Waals surface area contributed by atoms with Gasteiger partial charge in [-0.05, 0) is 55.7 Å². The van der Waals surface area contributed by atoms with Crippen molar-refractivity contribution in [2.75, 3.05) is 23.7 Å². The molecule has 8 heteroatoms. The second kappa shape index (κ2) is 7.77. The average molecular weight is 397 g/mol. The van der Waals surface area contributed by atoms with E-state index in [1.165, 1.54) is 10.4 Å². The Kier molecular flexibility index (Phi) is 6.10. The molecule has 0 amide bonds. The molecule has 142 valence electrons. The van der Waals surface area contributed by atoms with Gasteiger partial charge in [-0.3, -0.25) is 4.31 Å². The molecule has 1 N–H and O–H groups in total.